The molecule has 0 bridgehead atoms. The molecule has 0 heterocycles. The number of halogens is 1. The maximum absolute atomic E-state index is 13.2. The Hall–Kier alpha value is -1.09. The second kappa shape index (κ2) is 6.01. The minimum atomic E-state index is -0.200. The fraction of sp³-hybridized carbons (Fsp3) is 0.571. The van der Waals surface area contributed by atoms with E-state index < -0.39 is 0 Å². The summed E-state index contributed by atoms with van der Waals surface area (Å²) in [6, 6.07) is 4.75. The summed E-state index contributed by atoms with van der Waals surface area (Å²) >= 11 is 0. The summed E-state index contributed by atoms with van der Waals surface area (Å²) in [6.45, 7) is 4.34. The lowest BCUT2D eigenvalue weighted by Gasteiger charge is -2.25. The highest BCUT2D eigenvalue weighted by molar-refractivity contribution is 5.34. The normalized spacial score (nSPS) is 15.6. The summed E-state index contributed by atoms with van der Waals surface area (Å²) in [6.07, 6.45) is 3.86. The van der Waals surface area contributed by atoms with E-state index in [1.807, 2.05) is 6.92 Å². The fourth-order valence-corrected chi connectivity index (χ4v) is 1.95. The largest absolute Gasteiger partial charge is 0.493 e. The SMILES string of the molecule is CCNCc1cc(F)ccc1OCC1CCC1. The highest BCUT2D eigenvalue weighted by atomic mass is 19.1. The lowest BCUT2D eigenvalue weighted by molar-refractivity contribution is 0.179. The van der Waals surface area contributed by atoms with E-state index in [1.165, 1.54) is 25.3 Å². The van der Waals surface area contributed by atoms with Gasteiger partial charge in [-0.15, -0.1) is 0 Å². The highest BCUT2D eigenvalue weighted by Gasteiger charge is 2.18. The number of hydrogen-bond donors (Lipinski definition) is 1. The Bertz CT molecular complexity index is 363. The van der Waals surface area contributed by atoms with Crippen molar-refractivity contribution in [3.63, 3.8) is 0 Å². The zero-order valence-corrected chi connectivity index (χ0v) is 10.3. The van der Waals surface area contributed by atoms with Gasteiger partial charge in [0.05, 0.1) is 6.61 Å². The third-order valence-electron chi connectivity index (χ3n) is 3.29. The Morgan fingerprint density at radius 2 is 2.24 bits per heavy atom. The van der Waals surface area contributed by atoms with Crippen LogP contribution < -0.4 is 10.1 Å². The van der Waals surface area contributed by atoms with Crippen LogP contribution in [0.4, 0.5) is 4.39 Å². The van der Waals surface area contributed by atoms with Crippen LogP contribution >= 0.6 is 0 Å². The van der Waals surface area contributed by atoms with Crippen LogP contribution in [0.1, 0.15) is 31.7 Å². The molecule has 1 saturated carbocycles. The second-order valence-electron chi connectivity index (χ2n) is 4.64. The van der Waals surface area contributed by atoms with Crippen molar-refractivity contribution < 1.29 is 9.13 Å². The second-order valence-corrected chi connectivity index (χ2v) is 4.64. The third-order valence-corrected chi connectivity index (χ3v) is 3.29. The standard InChI is InChI=1S/C14H20FNO/c1-2-16-9-12-8-13(15)6-7-14(12)17-10-11-4-3-5-11/h6-8,11,16H,2-5,9-10H2,1H3. The van der Waals surface area contributed by atoms with E-state index in [-0.39, 0.29) is 5.82 Å². The summed E-state index contributed by atoms with van der Waals surface area (Å²) in [5.41, 5.74) is 0.908. The van der Waals surface area contributed by atoms with Gasteiger partial charge >= 0.3 is 0 Å². The van der Waals surface area contributed by atoms with Gasteiger partial charge in [-0.2, -0.15) is 0 Å². The van der Waals surface area contributed by atoms with Crippen molar-refractivity contribution in [2.24, 2.45) is 5.92 Å². The van der Waals surface area contributed by atoms with Crippen LogP contribution in [0, 0.1) is 11.7 Å². The van der Waals surface area contributed by atoms with Gasteiger partial charge < -0.3 is 10.1 Å². The van der Waals surface area contributed by atoms with Gasteiger partial charge in [0.1, 0.15) is 11.6 Å². The average molecular weight is 237 g/mol. The van der Waals surface area contributed by atoms with Crippen molar-refractivity contribution >= 4 is 0 Å². The molecule has 0 spiro atoms. The summed E-state index contributed by atoms with van der Waals surface area (Å²) in [5.74, 6) is 1.32. The first-order chi connectivity index (χ1) is 8.29. The topological polar surface area (TPSA) is 21.3 Å². The number of rotatable bonds is 6. The van der Waals surface area contributed by atoms with Gasteiger partial charge in [-0.3, -0.25) is 0 Å². The van der Waals surface area contributed by atoms with Crippen LogP contribution in [0.2, 0.25) is 0 Å². The Kier molecular flexibility index (Phi) is 4.37. The Labute approximate surface area is 102 Å². The number of nitrogens with one attached hydrogen (secondary N) is 1. The molecular weight excluding hydrogens is 217 g/mol. The summed E-state index contributed by atoms with van der Waals surface area (Å²) in [4.78, 5) is 0. The number of ether oxygens (including phenoxy) is 1. The fourth-order valence-electron chi connectivity index (χ4n) is 1.95. The first kappa shape index (κ1) is 12.4. The molecule has 0 radical (unpaired) electrons. The van der Waals surface area contributed by atoms with Crippen molar-refractivity contribution in [1.29, 1.82) is 0 Å². The van der Waals surface area contributed by atoms with Gasteiger partial charge in [0.25, 0.3) is 0 Å². The summed E-state index contributed by atoms with van der Waals surface area (Å²) < 4.78 is 19.0. The molecule has 1 N–H and O–H groups in total. The molecule has 0 aliphatic heterocycles. The van der Waals surface area contributed by atoms with E-state index in [1.54, 1.807) is 12.1 Å². The van der Waals surface area contributed by atoms with Gasteiger partial charge in [0, 0.05) is 12.1 Å². The van der Waals surface area contributed by atoms with Gasteiger partial charge in [0.2, 0.25) is 0 Å². The van der Waals surface area contributed by atoms with E-state index in [9.17, 15) is 4.39 Å². The van der Waals surface area contributed by atoms with E-state index >= 15 is 0 Å². The van der Waals surface area contributed by atoms with E-state index in [2.05, 4.69) is 5.32 Å². The molecule has 0 saturated heterocycles. The lowest BCUT2D eigenvalue weighted by Crippen LogP contribution is -2.20. The lowest BCUT2D eigenvalue weighted by atomic mass is 9.86. The van der Waals surface area contributed by atoms with Crippen LogP contribution in [-0.2, 0) is 6.54 Å². The molecule has 1 aliphatic carbocycles. The molecule has 2 nitrogen and oxygen atoms in total. The van der Waals surface area contributed by atoms with Crippen molar-refractivity contribution in [3.8, 4) is 5.75 Å². The van der Waals surface area contributed by atoms with E-state index in [0.717, 1.165) is 24.5 Å². The van der Waals surface area contributed by atoms with Crippen molar-refractivity contribution in [3.05, 3.63) is 29.6 Å². The summed E-state index contributed by atoms with van der Waals surface area (Å²) in [7, 11) is 0. The molecule has 1 aromatic carbocycles. The van der Waals surface area contributed by atoms with Crippen molar-refractivity contribution in [2.45, 2.75) is 32.7 Å². The van der Waals surface area contributed by atoms with E-state index in [0.29, 0.717) is 12.5 Å². The quantitative estimate of drug-likeness (QED) is 0.820. The zero-order chi connectivity index (χ0) is 12.1. The van der Waals surface area contributed by atoms with Crippen LogP contribution in [0.15, 0.2) is 18.2 Å². The first-order valence-electron chi connectivity index (χ1n) is 6.41. The molecule has 17 heavy (non-hydrogen) atoms. The molecule has 1 aromatic rings. The van der Waals surface area contributed by atoms with Crippen LogP contribution in [0.5, 0.6) is 5.75 Å². The Morgan fingerprint density at radius 1 is 1.41 bits per heavy atom. The molecule has 94 valence electrons. The van der Waals surface area contributed by atoms with Gasteiger partial charge in [-0.1, -0.05) is 13.3 Å². The van der Waals surface area contributed by atoms with Crippen LogP contribution in [0.3, 0.4) is 0 Å². The molecule has 0 atom stereocenters. The summed E-state index contributed by atoms with van der Waals surface area (Å²) in [5, 5.41) is 3.20. The first-order valence-corrected chi connectivity index (χ1v) is 6.41. The maximum Gasteiger partial charge on any atom is 0.123 e. The Morgan fingerprint density at radius 3 is 2.88 bits per heavy atom. The number of hydrogen-bond acceptors (Lipinski definition) is 2. The minimum absolute atomic E-state index is 0.200. The molecule has 2 rings (SSSR count). The van der Waals surface area contributed by atoms with Crippen molar-refractivity contribution in [2.75, 3.05) is 13.2 Å². The molecule has 0 unspecified atom stereocenters. The number of benzene rings is 1. The highest BCUT2D eigenvalue weighted by Crippen LogP contribution is 2.28. The van der Waals surface area contributed by atoms with Crippen LogP contribution in [-0.4, -0.2) is 13.2 Å². The molecular formula is C14H20FNO. The monoisotopic (exact) mass is 237 g/mol. The smallest absolute Gasteiger partial charge is 0.123 e. The average Bonchev–Trinajstić information content (AvgIpc) is 2.26. The molecule has 0 aromatic heterocycles. The van der Waals surface area contributed by atoms with Gasteiger partial charge in [-0.05, 0) is 43.5 Å². The third kappa shape index (κ3) is 3.43. The van der Waals surface area contributed by atoms with E-state index in [4.69, 9.17) is 4.74 Å². The van der Waals surface area contributed by atoms with Gasteiger partial charge in [-0.25, -0.2) is 4.39 Å². The molecule has 1 fully saturated rings. The molecule has 0 amide bonds. The maximum atomic E-state index is 13.2. The molecule has 3 heteroatoms. The predicted octanol–water partition coefficient (Wildman–Crippen LogP) is 3.11. The predicted molar refractivity (Wildman–Crippen MR) is 66.6 cm³/mol. The zero-order valence-electron chi connectivity index (χ0n) is 10.3. The molecule has 1 aliphatic rings. The minimum Gasteiger partial charge on any atom is -0.493 e. The van der Waals surface area contributed by atoms with Gasteiger partial charge in [0.15, 0.2) is 0 Å². The van der Waals surface area contributed by atoms with Crippen LogP contribution in [0.25, 0.3) is 0 Å². The van der Waals surface area contributed by atoms with Crippen molar-refractivity contribution in [1.82, 2.24) is 5.32 Å². The Balaban J connectivity index is 1.97.